The molecule has 3 nitrogen and oxygen atoms in total. The topological polar surface area (TPSA) is 59.1 Å². The molecule has 3 rings (SSSR count). The van der Waals surface area contributed by atoms with Gasteiger partial charge in [0.1, 0.15) is 11.6 Å². The van der Waals surface area contributed by atoms with Crippen LogP contribution in [-0.2, 0) is 6.42 Å². The Morgan fingerprint density at radius 3 is 2.33 bits per heavy atom. The maximum Gasteiger partial charge on any atom is 0.126 e. The Morgan fingerprint density at radius 2 is 1.62 bits per heavy atom. The van der Waals surface area contributed by atoms with Gasteiger partial charge >= 0.3 is 0 Å². The first-order valence-electron chi connectivity index (χ1n) is 6.80. The molecule has 3 aromatic rings. The average Bonchev–Trinajstić information content (AvgIpc) is 2.51. The third-order valence-electron chi connectivity index (χ3n) is 3.44. The molecule has 0 bridgehead atoms. The van der Waals surface area contributed by atoms with E-state index in [1.165, 1.54) is 5.56 Å². The standard InChI is InChI=1S/C18H16N2O/c19-18-15(10-13-4-2-1-3-5-13)11-16(12-20-18)14-6-8-17(21)9-7-14/h1-9,11-12,21H,10H2,(H2,19,20). The number of nitrogens with two attached hydrogens (primary N) is 1. The van der Waals surface area contributed by atoms with Crippen LogP contribution in [0.3, 0.4) is 0 Å². The molecule has 0 spiro atoms. The zero-order valence-electron chi connectivity index (χ0n) is 11.5. The minimum atomic E-state index is 0.256. The van der Waals surface area contributed by atoms with Gasteiger partial charge in [-0.15, -0.1) is 0 Å². The Labute approximate surface area is 123 Å². The molecule has 0 aliphatic carbocycles. The molecule has 1 aromatic heterocycles. The number of nitrogens with zero attached hydrogens (tertiary/aromatic N) is 1. The first-order chi connectivity index (χ1) is 10.2. The predicted octanol–water partition coefficient (Wildman–Crippen LogP) is 3.63. The van der Waals surface area contributed by atoms with Gasteiger partial charge in [-0.05, 0) is 34.9 Å². The van der Waals surface area contributed by atoms with E-state index >= 15 is 0 Å². The average molecular weight is 276 g/mol. The Bertz CT molecular complexity index is 737. The highest BCUT2D eigenvalue weighted by molar-refractivity contribution is 5.66. The van der Waals surface area contributed by atoms with Gasteiger partial charge < -0.3 is 10.8 Å². The third-order valence-corrected chi connectivity index (χ3v) is 3.44. The molecule has 0 atom stereocenters. The van der Waals surface area contributed by atoms with Crippen molar-refractivity contribution in [3.63, 3.8) is 0 Å². The van der Waals surface area contributed by atoms with Gasteiger partial charge in [-0.25, -0.2) is 4.98 Å². The van der Waals surface area contributed by atoms with Crippen molar-refractivity contribution in [3.8, 4) is 16.9 Å². The third kappa shape index (κ3) is 3.03. The second kappa shape index (κ2) is 5.67. The lowest BCUT2D eigenvalue weighted by Gasteiger charge is -2.08. The lowest BCUT2D eigenvalue weighted by molar-refractivity contribution is 0.475. The van der Waals surface area contributed by atoms with E-state index < -0.39 is 0 Å². The largest absolute Gasteiger partial charge is 0.508 e. The van der Waals surface area contributed by atoms with Gasteiger partial charge in [-0.3, -0.25) is 0 Å². The minimum Gasteiger partial charge on any atom is -0.508 e. The van der Waals surface area contributed by atoms with Crippen LogP contribution in [0.5, 0.6) is 5.75 Å². The van der Waals surface area contributed by atoms with E-state index in [4.69, 9.17) is 5.73 Å². The van der Waals surface area contributed by atoms with Gasteiger partial charge in [0.05, 0.1) is 0 Å². The van der Waals surface area contributed by atoms with E-state index in [1.54, 1.807) is 18.3 Å². The Hall–Kier alpha value is -2.81. The quantitative estimate of drug-likeness (QED) is 0.768. The van der Waals surface area contributed by atoms with Gasteiger partial charge in [0.25, 0.3) is 0 Å². The number of rotatable bonds is 3. The maximum atomic E-state index is 9.36. The van der Waals surface area contributed by atoms with E-state index in [9.17, 15) is 5.11 Å². The summed E-state index contributed by atoms with van der Waals surface area (Å²) in [5.41, 5.74) is 10.2. The van der Waals surface area contributed by atoms with Gasteiger partial charge in [-0.2, -0.15) is 0 Å². The SMILES string of the molecule is Nc1ncc(-c2ccc(O)cc2)cc1Cc1ccccc1. The first kappa shape index (κ1) is 13.2. The molecule has 0 amide bonds. The number of pyridine rings is 1. The van der Waals surface area contributed by atoms with Crippen LogP contribution in [0.2, 0.25) is 0 Å². The summed E-state index contributed by atoms with van der Waals surface area (Å²) in [6.07, 6.45) is 2.52. The monoisotopic (exact) mass is 276 g/mol. The zero-order valence-corrected chi connectivity index (χ0v) is 11.5. The normalized spacial score (nSPS) is 10.5. The summed E-state index contributed by atoms with van der Waals surface area (Å²) in [6, 6.07) is 19.3. The highest BCUT2D eigenvalue weighted by atomic mass is 16.3. The number of benzene rings is 2. The number of nitrogen functional groups attached to an aromatic ring is 1. The molecular formula is C18H16N2O. The second-order valence-corrected chi connectivity index (χ2v) is 4.98. The fourth-order valence-electron chi connectivity index (χ4n) is 2.29. The van der Waals surface area contributed by atoms with E-state index in [2.05, 4.69) is 23.2 Å². The number of hydrogen-bond acceptors (Lipinski definition) is 3. The highest BCUT2D eigenvalue weighted by Crippen LogP contribution is 2.25. The molecule has 104 valence electrons. The molecule has 0 unspecified atom stereocenters. The van der Waals surface area contributed by atoms with E-state index in [0.717, 1.165) is 23.1 Å². The number of anilines is 1. The van der Waals surface area contributed by atoms with E-state index in [-0.39, 0.29) is 5.75 Å². The fourth-order valence-corrected chi connectivity index (χ4v) is 2.29. The van der Waals surface area contributed by atoms with Crippen LogP contribution in [0.1, 0.15) is 11.1 Å². The molecule has 0 aliphatic heterocycles. The number of aromatic nitrogens is 1. The summed E-state index contributed by atoms with van der Waals surface area (Å²) in [7, 11) is 0. The molecule has 21 heavy (non-hydrogen) atoms. The number of aromatic hydroxyl groups is 1. The minimum absolute atomic E-state index is 0.256. The lowest BCUT2D eigenvalue weighted by atomic mass is 10.0. The van der Waals surface area contributed by atoms with Gasteiger partial charge in [-0.1, -0.05) is 42.5 Å². The highest BCUT2D eigenvalue weighted by Gasteiger charge is 2.06. The Morgan fingerprint density at radius 1 is 0.905 bits per heavy atom. The first-order valence-corrected chi connectivity index (χ1v) is 6.80. The molecule has 0 fully saturated rings. The number of phenols is 1. The molecule has 0 radical (unpaired) electrons. The summed E-state index contributed by atoms with van der Waals surface area (Å²) in [5, 5.41) is 9.36. The van der Waals surface area contributed by atoms with Crippen LogP contribution in [0.25, 0.3) is 11.1 Å². The summed E-state index contributed by atoms with van der Waals surface area (Å²) >= 11 is 0. The van der Waals surface area contributed by atoms with E-state index in [1.807, 2.05) is 30.3 Å². The molecule has 0 aliphatic rings. The molecule has 0 saturated heterocycles. The Kier molecular flexibility index (Phi) is 3.56. The molecule has 0 saturated carbocycles. The van der Waals surface area contributed by atoms with Crippen molar-refractivity contribution in [1.29, 1.82) is 0 Å². The van der Waals surface area contributed by atoms with Gasteiger partial charge in [0, 0.05) is 18.2 Å². The van der Waals surface area contributed by atoms with Gasteiger partial charge in [0.15, 0.2) is 0 Å². The predicted molar refractivity (Wildman–Crippen MR) is 85.0 cm³/mol. The fraction of sp³-hybridized carbons (Fsp3) is 0.0556. The Balaban J connectivity index is 1.94. The summed E-state index contributed by atoms with van der Waals surface area (Å²) in [4.78, 5) is 4.29. The van der Waals surface area contributed by atoms with Crippen LogP contribution >= 0.6 is 0 Å². The van der Waals surface area contributed by atoms with Crippen molar-refractivity contribution in [2.75, 3.05) is 5.73 Å². The van der Waals surface area contributed by atoms with Crippen LogP contribution in [0.4, 0.5) is 5.82 Å². The molecule has 1 heterocycles. The smallest absolute Gasteiger partial charge is 0.126 e. The van der Waals surface area contributed by atoms with Gasteiger partial charge in [0.2, 0.25) is 0 Å². The van der Waals surface area contributed by atoms with Crippen LogP contribution in [-0.4, -0.2) is 10.1 Å². The van der Waals surface area contributed by atoms with Crippen molar-refractivity contribution in [2.24, 2.45) is 0 Å². The van der Waals surface area contributed by atoms with Crippen LogP contribution in [0.15, 0.2) is 66.9 Å². The van der Waals surface area contributed by atoms with Crippen molar-refractivity contribution in [2.45, 2.75) is 6.42 Å². The summed E-state index contributed by atoms with van der Waals surface area (Å²) < 4.78 is 0. The van der Waals surface area contributed by atoms with Crippen molar-refractivity contribution >= 4 is 5.82 Å². The van der Waals surface area contributed by atoms with Crippen molar-refractivity contribution in [3.05, 3.63) is 78.0 Å². The zero-order chi connectivity index (χ0) is 14.7. The summed E-state index contributed by atoms with van der Waals surface area (Å²) in [5.74, 6) is 0.813. The van der Waals surface area contributed by atoms with E-state index in [0.29, 0.717) is 5.82 Å². The van der Waals surface area contributed by atoms with Crippen LogP contribution < -0.4 is 5.73 Å². The lowest BCUT2D eigenvalue weighted by Crippen LogP contribution is -1.99. The van der Waals surface area contributed by atoms with Crippen molar-refractivity contribution in [1.82, 2.24) is 4.98 Å². The number of phenolic OH excluding ortho intramolecular Hbond substituents is 1. The molecular weight excluding hydrogens is 260 g/mol. The van der Waals surface area contributed by atoms with Crippen molar-refractivity contribution < 1.29 is 5.11 Å². The molecule has 3 heteroatoms. The van der Waals surface area contributed by atoms with Crippen LogP contribution in [0, 0.1) is 0 Å². The number of hydrogen-bond donors (Lipinski definition) is 2. The molecule has 3 N–H and O–H groups in total. The maximum absolute atomic E-state index is 9.36. The molecule has 2 aromatic carbocycles. The summed E-state index contributed by atoms with van der Waals surface area (Å²) in [6.45, 7) is 0. The second-order valence-electron chi connectivity index (χ2n) is 4.98.